The molecule has 0 aliphatic heterocycles. The quantitative estimate of drug-likeness (QED) is 0.484. The summed E-state index contributed by atoms with van der Waals surface area (Å²) in [6.45, 7) is 5.13. The molecule has 0 aliphatic carbocycles. The van der Waals surface area contributed by atoms with Gasteiger partial charge in [-0.1, -0.05) is 28.6 Å². The second-order valence-corrected chi connectivity index (χ2v) is 6.87. The van der Waals surface area contributed by atoms with Gasteiger partial charge in [0.25, 0.3) is 5.91 Å². The molecule has 1 amide bonds. The van der Waals surface area contributed by atoms with E-state index in [1.807, 2.05) is 24.3 Å². The second kappa shape index (κ2) is 8.71. The van der Waals surface area contributed by atoms with Crippen LogP contribution in [-0.4, -0.2) is 17.5 Å². The van der Waals surface area contributed by atoms with Crippen molar-refractivity contribution in [2.24, 2.45) is 0 Å². The molecule has 3 rings (SSSR count). The maximum atomic E-state index is 13.2. The van der Waals surface area contributed by atoms with E-state index in [1.54, 1.807) is 19.1 Å². The molecule has 6 nitrogen and oxygen atoms in total. The number of hydrogen-bond donors (Lipinski definition) is 2. The first-order valence-corrected chi connectivity index (χ1v) is 9.40. The largest absolute Gasteiger partial charge is 0.492 e. The van der Waals surface area contributed by atoms with E-state index in [-0.39, 0.29) is 5.69 Å². The van der Waals surface area contributed by atoms with Gasteiger partial charge in [0.2, 0.25) is 0 Å². The third kappa shape index (κ3) is 4.52. The van der Waals surface area contributed by atoms with Crippen LogP contribution in [0.1, 0.15) is 12.5 Å². The molecular formula is C21H16BrFN4O2. The summed E-state index contributed by atoms with van der Waals surface area (Å²) in [6, 6.07) is 12.8. The number of amides is 1. The van der Waals surface area contributed by atoms with Crippen LogP contribution >= 0.6 is 15.9 Å². The van der Waals surface area contributed by atoms with E-state index in [0.717, 1.165) is 10.2 Å². The molecule has 8 heteroatoms. The smallest absolute Gasteiger partial charge is 0.283 e. The molecule has 0 unspecified atom stereocenters. The highest BCUT2D eigenvalue weighted by atomic mass is 79.9. The number of halogens is 2. The Morgan fingerprint density at radius 2 is 2.17 bits per heavy atom. The number of nitrogens with zero attached hydrogens (tertiary/aromatic N) is 2. The number of ether oxygens (including phenoxy) is 1. The van der Waals surface area contributed by atoms with Gasteiger partial charge in [0.15, 0.2) is 5.83 Å². The Kier molecular flexibility index (Phi) is 6.10. The van der Waals surface area contributed by atoms with Crippen LogP contribution in [0.15, 0.2) is 59.5 Å². The maximum Gasteiger partial charge on any atom is 0.283 e. The van der Waals surface area contributed by atoms with Crippen molar-refractivity contribution in [2.45, 2.75) is 6.92 Å². The number of benzene rings is 2. The van der Waals surface area contributed by atoms with Crippen molar-refractivity contribution in [2.75, 3.05) is 17.2 Å². The van der Waals surface area contributed by atoms with E-state index in [4.69, 9.17) is 4.74 Å². The van der Waals surface area contributed by atoms with Crippen LogP contribution in [-0.2, 0) is 4.79 Å². The van der Waals surface area contributed by atoms with Gasteiger partial charge in [0.05, 0.1) is 29.1 Å². The zero-order valence-electron chi connectivity index (χ0n) is 15.4. The predicted octanol–water partition coefficient (Wildman–Crippen LogP) is 5.43. The first kappa shape index (κ1) is 20.3. The van der Waals surface area contributed by atoms with Gasteiger partial charge in [0, 0.05) is 27.8 Å². The number of rotatable bonds is 6. The van der Waals surface area contributed by atoms with Crippen molar-refractivity contribution in [3.63, 3.8) is 0 Å². The lowest BCUT2D eigenvalue weighted by molar-refractivity contribution is -0.114. The number of hydrogen-bond acceptors (Lipinski definition) is 5. The van der Waals surface area contributed by atoms with E-state index in [1.165, 1.54) is 6.20 Å². The molecule has 0 saturated carbocycles. The summed E-state index contributed by atoms with van der Waals surface area (Å²) in [5.41, 5.74) is 2.36. The average molecular weight is 455 g/mol. The topological polar surface area (TPSA) is 87.0 Å². The van der Waals surface area contributed by atoms with Gasteiger partial charge >= 0.3 is 0 Å². The molecule has 3 aromatic rings. The van der Waals surface area contributed by atoms with Crippen molar-refractivity contribution >= 4 is 49.8 Å². The molecule has 29 heavy (non-hydrogen) atoms. The minimum absolute atomic E-state index is 0.248. The van der Waals surface area contributed by atoms with Crippen molar-refractivity contribution < 1.29 is 13.9 Å². The van der Waals surface area contributed by atoms with E-state index >= 15 is 0 Å². The Morgan fingerprint density at radius 3 is 2.83 bits per heavy atom. The predicted molar refractivity (Wildman–Crippen MR) is 114 cm³/mol. The number of aromatic nitrogens is 1. The summed E-state index contributed by atoms with van der Waals surface area (Å²) in [6.07, 6.45) is 1.46. The third-order valence-electron chi connectivity index (χ3n) is 3.98. The average Bonchev–Trinajstić information content (AvgIpc) is 2.69. The van der Waals surface area contributed by atoms with Gasteiger partial charge in [-0.25, -0.2) is 4.39 Å². The fourth-order valence-electron chi connectivity index (χ4n) is 2.71. The van der Waals surface area contributed by atoms with Crippen molar-refractivity contribution in [1.82, 2.24) is 4.98 Å². The molecule has 0 bridgehead atoms. The molecule has 1 aromatic heterocycles. The number of carbonyl (C=O) groups is 1. The molecule has 0 radical (unpaired) electrons. The summed E-state index contributed by atoms with van der Waals surface area (Å²) in [7, 11) is 0. The van der Waals surface area contributed by atoms with Gasteiger partial charge < -0.3 is 15.4 Å². The molecule has 1 heterocycles. The number of nitriles is 1. The van der Waals surface area contributed by atoms with Crippen LogP contribution in [0, 0.1) is 11.3 Å². The summed E-state index contributed by atoms with van der Waals surface area (Å²) in [5.74, 6) is -1.76. The molecule has 0 fully saturated rings. The van der Waals surface area contributed by atoms with Crippen molar-refractivity contribution in [1.29, 1.82) is 5.26 Å². The molecule has 0 spiro atoms. The molecular weight excluding hydrogens is 439 g/mol. The minimum Gasteiger partial charge on any atom is -0.492 e. The SMILES string of the molecule is C=C(F)C(=O)Nc1cc2c(Nc3cccc(Br)c3)c(C#N)cnc2cc1OCC. The highest BCUT2D eigenvalue weighted by molar-refractivity contribution is 9.10. The molecule has 0 atom stereocenters. The molecule has 2 N–H and O–H groups in total. The highest BCUT2D eigenvalue weighted by Gasteiger charge is 2.16. The van der Waals surface area contributed by atoms with Crippen LogP contribution < -0.4 is 15.4 Å². The molecule has 146 valence electrons. The molecule has 2 aromatic carbocycles. The summed E-state index contributed by atoms with van der Waals surface area (Å²) >= 11 is 3.41. The fraction of sp³-hybridized carbons (Fsp3) is 0.0952. The highest BCUT2D eigenvalue weighted by Crippen LogP contribution is 2.36. The van der Waals surface area contributed by atoms with E-state index in [9.17, 15) is 14.4 Å². The maximum absolute atomic E-state index is 13.2. The van der Waals surface area contributed by atoms with Crippen LogP contribution in [0.3, 0.4) is 0 Å². The van der Waals surface area contributed by atoms with Crippen LogP contribution in [0.5, 0.6) is 5.75 Å². The first-order valence-electron chi connectivity index (χ1n) is 8.61. The zero-order chi connectivity index (χ0) is 21.0. The second-order valence-electron chi connectivity index (χ2n) is 5.95. The summed E-state index contributed by atoms with van der Waals surface area (Å²) in [5, 5.41) is 15.8. The number of pyridine rings is 1. The van der Waals surface area contributed by atoms with Gasteiger partial charge in [-0.3, -0.25) is 9.78 Å². The standard InChI is InChI=1S/C21H16BrFN4O2/c1-3-29-19-9-17-16(8-18(19)27-21(28)12(2)23)20(13(10-24)11-25-17)26-15-6-4-5-14(22)7-15/h4-9,11H,2-3H2,1H3,(H,25,26)(H,27,28). The van der Waals surface area contributed by atoms with E-state index < -0.39 is 11.7 Å². The van der Waals surface area contributed by atoms with Gasteiger partial charge in [-0.2, -0.15) is 5.26 Å². The Balaban J connectivity index is 2.19. The Labute approximate surface area is 175 Å². The Bertz CT molecular complexity index is 1160. The lowest BCUT2D eigenvalue weighted by atomic mass is 10.1. The number of fused-ring (bicyclic) bond motifs is 1. The van der Waals surface area contributed by atoms with Crippen LogP contribution in [0.4, 0.5) is 21.5 Å². The molecule has 0 saturated heterocycles. The van der Waals surface area contributed by atoms with Crippen LogP contribution in [0.2, 0.25) is 0 Å². The molecule has 0 aliphatic rings. The lowest BCUT2D eigenvalue weighted by Crippen LogP contribution is -2.12. The Morgan fingerprint density at radius 1 is 1.38 bits per heavy atom. The van der Waals surface area contributed by atoms with Gasteiger partial charge in [-0.05, 0) is 31.2 Å². The van der Waals surface area contributed by atoms with E-state index in [2.05, 4.69) is 44.2 Å². The van der Waals surface area contributed by atoms with E-state index in [0.29, 0.717) is 34.5 Å². The van der Waals surface area contributed by atoms with Crippen molar-refractivity contribution in [3.8, 4) is 11.8 Å². The fourth-order valence-corrected chi connectivity index (χ4v) is 3.11. The number of carbonyl (C=O) groups excluding carboxylic acids is 1. The number of anilines is 3. The van der Waals surface area contributed by atoms with Crippen LogP contribution in [0.25, 0.3) is 10.9 Å². The lowest BCUT2D eigenvalue weighted by Gasteiger charge is -2.16. The zero-order valence-corrected chi connectivity index (χ0v) is 17.0. The number of nitrogens with one attached hydrogen (secondary N) is 2. The Hall–Kier alpha value is -3.44. The van der Waals surface area contributed by atoms with Gasteiger partial charge in [0.1, 0.15) is 11.8 Å². The van der Waals surface area contributed by atoms with Crippen molar-refractivity contribution in [3.05, 3.63) is 65.0 Å². The van der Waals surface area contributed by atoms with Gasteiger partial charge in [-0.15, -0.1) is 0 Å². The summed E-state index contributed by atoms with van der Waals surface area (Å²) in [4.78, 5) is 16.1. The first-order chi connectivity index (χ1) is 13.9. The third-order valence-corrected chi connectivity index (χ3v) is 4.47. The minimum atomic E-state index is -1.12. The summed E-state index contributed by atoms with van der Waals surface area (Å²) < 4.78 is 19.6. The monoisotopic (exact) mass is 454 g/mol. The normalized spacial score (nSPS) is 10.3.